The fourth-order valence-corrected chi connectivity index (χ4v) is 1.32. The van der Waals surface area contributed by atoms with E-state index in [4.69, 9.17) is 5.21 Å². The highest BCUT2D eigenvalue weighted by Crippen LogP contribution is 2.21. The van der Waals surface area contributed by atoms with Gasteiger partial charge in [0, 0.05) is 0 Å². The standard InChI is InChI=1S/C11H12N2O4/c1-7-4-3-5-8(11(15)17-2)10(7)13-9(14)6-12-16/h3-6,16H,1-2H3,(H,13,14). The van der Waals surface area contributed by atoms with E-state index in [1.807, 2.05) is 0 Å². The highest BCUT2D eigenvalue weighted by molar-refractivity contribution is 6.32. The zero-order valence-electron chi connectivity index (χ0n) is 9.43. The van der Waals surface area contributed by atoms with Gasteiger partial charge < -0.3 is 15.3 Å². The molecule has 1 rings (SSSR count). The Hall–Kier alpha value is -2.37. The molecule has 0 spiro atoms. The molecule has 0 heterocycles. The number of benzene rings is 1. The van der Waals surface area contributed by atoms with Gasteiger partial charge in [-0.3, -0.25) is 4.79 Å². The van der Waals surface area contributed by atoms with Gasteiger partial charge in [-0.25, -0.2) is 4.79 Å². The van der Waals surface area contributed by atoms with Gasteiger partial charge in [-0.15, -0.1) is 0 Å². The Morgan fingerprint density at radius 3 is 2.76 bits per heavy atom. The van der Waals surface area contributed by atoms with E-state index < -0.39 is 11.9 Å². The van der Waals surface area contributed by atoms with Crippen molar-refractivity contribution in [3.63, 3.8) is 0 Å². The predicted octanol–water partition coefficient (Wildman–Crippen LogP) is 1.18. The normalized spacial score (nSPS) is 10.2. The third kappa shape index (κ3) is 3.04. The molecule has 0 saturated carbocycles. The molecule has 0 aliphatic heterocycles. The summed E-state index contributed by atoms with van der Waals surface area (Å²) < 4.78 is 4.60. The highest BCUT2D eigenvalue weighted by Gasteiger charge is 2.14. The topological polar surface area (TPSA) is 88.0 Å². The van der Waals surface area contributed by atoms with Crippen molar-refractivity contribution >= 4 is 23.8 Å². The summed E-state index contributed by atoms with van der Waals surface area (Å²) >= 11 is 0. The summed E-state index contributed by atoms with van der Waals surface area (Å²) in [5.74, 6) is -1.18. The number of hydrogen-bond donors (Lipinski definition) is 2. The second kappa shape index (κ2) is 5.64. The molecular formula is C11H12N2O4. The molecule has 0 radical (unpaired) electrons. The molecular weight excluding hydrogens is 224 g/mol. The summed E-state index contributed by atoms with van der Waals surface area (Å²) in [7, 11) is 1.26. The van der Waals surface area contributed by atoms with Crippen LogP contribution in [0.5, 0.6) is 0 Å². The molecule has 1 amide bonds. The minimum atomic E-state index is -0.632. The maximum Gasteiger partial charge on any atom is 0.339 e. The van der Waals surface area contributed by atoms with Crippen LogP contribution in [0.2, 0.25) is 0 Å². The quantitative estimate of drug-likeness (QED) is 0.357. The maximum absolute atomic E-state index is 11.5. The minimum absolute atomic E-state index is 0.243. The number of nitrogens with zero attached hydrogens (tertiary/aromatic N) is 1. The molecule has 17 heavy (non-hydrogen) atoms. The van der Waals surface area contributed by atoms with E-state index in [9.17, 15) is 9.59 Å². The first-order chi connectivity index (χ1) is 8.10. The number of amides is 1. The molecule has 0 fully saturated rings. The fourth-order valence-electron chi connectivity index (χ4n) is 1.32. The van der Waals surface area contributed by atoms with Crippen LogP contribution < -0.4 is 5.32 Å². The van der Waals surface area contributed by atoms with Crippen LogP contribution in [-0.4, -0.2) is 30.4 Å². The van der Waals surface area contributed by atoms with Crippen LogP contribution in [-0.2, 0) is 9.53 Å². The number of methoxy groups -OCH3 is 1. The largest absolute Gasteiger partial charge is 0.465 e. The van der Waals surface area contributed by atoms with Gasteiger partial charge in [0.2, 0.25) is 0 Å². The molecule has 0 aliphatic rings. The number of hydrogen-bond acceptors (Lipinski definition) is 5. The van der Waals surface area contributed by atoms with E-state index >= 15 is 0 Å². The summed E-state index contributed by atoms with van der Waals surface area (Å²) in [6.45, 7) is 1.73. The fraction of sp³-hybridized carbons (Fsp3) is 0.182. The highest BCUT2D eigenvalue weighted by atomic mass is 16.5. The van der Waals surface area contributed by atoms with Crippen LogP contribution in [0, 0.1) is 6.92 Å². The number of nitrogens with one attached hydrogen (secondary N) is 1. The maximum atomic E-state index is 11.5. The molecule has 0 bridgehead atoms. The Morgan fingerprint density at radius 1 is 1.47 bits per heavy atom. The molecule has 6 heteroatoms. The molecule has 90 valence electrons. The molecule has 0 aliphatic carbocycles. The van der Waals surface area contributed by atoms with Crippen molar-refractivity contribution in [2.45, 2.75) is 6.92 Å². The number of aryl methyl sites for hydroxylation is 1. The Morgan fingerprint density at radius 2 is 2.18 bits per heavy atom. The molecule has 0 unspecified atom stereocenters. The van der Waals surface area contributed by atoms with Crippen molar-refractivity contribution in [3.05, 3.63) is 29.3 Å². The number of esters is 1. The van der Waals surface area contributed by atoms with Gasteiger partial charge in [0.15, 0.2) is 0 Å². The van der Waals surface area contributed by atoms with Crippen molar-refractivity contribution < 1.29 is 19.5 Å². The van der Waals surface area contributed by atoms with E-state index in [0.717, 1.165) is 0 Å². The van der Waals surface area contributed by atoms with Gasteiger partial charge in [-0.2, -0.15) is 0 Å². The average molecular weight is 236 g/mol. The van der Waals surface area contributed by atoms with E-state index in [2.05, 4.69) is 15.2 Å². The Labute approximate surface area is 97.9 Å². The zero-order chi connectivity index (χ0) is 12.8. The second-order valence-electron chi connectivity index (χ2n) is 3.22. The first kappa shape index (κ1) is 12.7. The van der Waals surface area contributed by atoms with Gasteiger partial charge in [0.25, 0.3) is 5.91 Å². The molecule has 1 aromatic rings. The average Bonchev–Trinajstić information content (AvgIpc) is 2.31. The van der Waals surface area contributed by atoms with Gasteiger partial charge >= 0.3 is 5.97 Å². The van der Waals surface area contributed by atoms with Crippen LogP contribution in [0.1, 0.15) is 15.9 Å². The monoisotopic (exact) mass is 236 g/mol. The number of anilines is 1. The van der Waals surface area contributed by atoms with E-state index in [0.29, 0.717) is 17.5 Å². The molecule has 6 nitrogen and oxygen atoms in total. The third-order valence-electron chi connectivity index (χ3n) is 2.10. The zero-order valence-corrected chi connectivity index (χ0v) is 9.43. The lowest BCUT2D eigenvalue weighted by molar-refractivity contribution is -0.110. The summed E-state index contributed by atoms with van der Waals surface area (Å²) in [4.78, 5) is 22.7. The van der Waals surface area contributed by atoms with Crippen molar-refractivity contribution in [3.8, 4) is 0 Å². The predicted molar refractivity (Wildman–Crippen MR) is 61.4 cm³/mol. The van der Waals surface area contributed by atoms with Gasteiger partial charge in [-0.1, -0.05) is 17.3 Å². The van der Waals surface area contributed by atoms with Crippen molar-refractivity contribution in [1.82, 2.24) is 0 Å². The summed E-state index contributed by atoms with van der Waals surface area (Å²) in [6, 6.07) is 4.94. The van der Waals surface area contributed by atoms with Crippen molar-refractivity contribution in [2.24, 2.45) is 5.16 Å². The Kier molecular flexibility index (Phi) is 4.21. The number of carbonyl (C=O) groups is 2. The molecule has 2 N–H and O–H groups in total. The SMILES string of the molecule is COC(=O)c1cccc(C)c1NC(=O)C=NO. The minimum Gasteiger partial charge on any atom is -0.465 e. The van der Waals surface area contributed by atoms with Gasteiger partial charge in [-0.05, 0) is 18.6 Å². The summed E-state index contributed by atoms with van der Waals surface area (Å²) in [5, 5.41) is 13.3. The number of para-hydroxylation sites is 1. The van der Waals surface area contributed by atoms with Crippen LogP contribution in [0.3, 0.4) is 0 Å². The number of rotatable bonds is 3. The number of oxime groups is 1. The first-order valence-corrected chi connectivity index (χ1v) is 4.76. The van der Waals surface area contributed by atoms with E-state index in [1.165, 1.54) is 13.2 Å². The summed E-state index contributed by atoms with van der Waals surface area (Å²) in [6.07, 6.45) is 0.702. The molecule has 0 saturated heterocycles. The van der Waals surface area contributed by atoms with E-state index in [1.54, 1.807) is 19.1 Å². The summed E-state index contributed by atoms with van der Waals surface area (Å²) in [5.41, 5.74) is 1.28. The molecule has 0 aromatic heterocycles. The van der Waals surface area contributed by atoms with Crippen LogP contribution >= 0.6 is 0 Å². The third-order valence-corrected chi connectivity index (χ3v) is 2.10. The van der Waals surface area contributed by atoms with Gasteiger partial charge in [0.1, 0.15) is 6.21 Å². The lowest BCUT2D eigenvalue weighted by Crippen LogP contribution is -2.17. The van der Waals surface area contributed by atoms with Crippen molar-refractivity contribution in [2.75, 3.05) is 12.4 Å². The van der Waals surface area contributed by atoms with Crippen LogP contribution in [0.15, 0.2) is 23.4 Å². The Bertz CT molecular complexity index is 469. The first-order valence-electron chi connectivity index (χ1n) is 4.76. The lowest BCUT2D eigenvalue weighted by atomic mass is 10.1. The smallest absolute Gasteiger partial charge is 0.339 e. The molecule has 0 atom stereocenters. The van der Waals surface area contributed by atoms with Crippen LogP contribution in [0.4, 0.5) is 5.69 Å². The van der Waals surface area contributed by atoms with E-state index in [-0.39, 0.29) is 5.56 Å². The number of ether oxygens (including phenoxy) is 1. The Balaban J connectivity index is 3.12. The second-order valence-corrected chi connectivity index (χ2v) is 3.22. The van der Waals surface area contributed by atoms with Crippen molar-refractivity contribution in [1.29, 1.82) is 0 Å². The lowest BCUT2D eigenvalue weighted by Gasteiger charge is -2.10. The van der Waals surface area contributed by atoms with Gasteiger partial charge in [0.05, 0.1) is 18.4 Å². The molecule has 1 aromatic carbocycles. The van der Waals surface area contributed by atoms with Crippen LogP contribution in [0.25, 0.3) is 0 Å². The number of carbonyl (C=O) groups excluding carboxylic acids is 2.